The highest BCUT2D eigenvalue weighted by molar-refractivity contribution is 7.89. The zero-order valence-corrected chi connectivity index (χ0v) is 21.0. The van der Waals surface area contributed by atoms with Crippen molar-refractivity contribution in [1.82, 2.24) is 4.31 Å². The Morgan fingerprint density at radius 1 is 0.912 bits per heavy atom. The third kappa shape index (κ3) is 6.64. The Morgan fingerprint density at radius 2 is 1.56 bits per heavy atom. The maximum absolute atomic E-state index is 13.5. The molecule has 0 heterocycles. The number of hydrogen-bond donors (Lipinski definition) is 1. The van der Waals surface area contributed by atoms with Crippen molar-refractivity contribution in [2.75, 3.05) is 32.6 Å². The van der Waals surface area contributed by atoms with Gasteiger partial charge in [0.15, 0.2) is 11.5 Å². The van der Waals surface area contributed by atoms with Gasteiger partial charge in [-0.25, -0.2) is 8.42 Å². The van der Waals surface area contributed by atoms with Gasteiger partial charge in [0.25, 0.3) is 0 Å². The number of carbonyl (C=O) groups is 1. The number of carbonyl (C=O) groups excluding carboxylic acids is 1. The van der Waals surface area contributed by atoms with Gasteiger partial charge in [0.1, 0.15) is 0 Å². The second-order valence-corrected chi connectivity index (χ2v) is 10.1. The van der Waals surface area contributed by atoms with Crippen molar-refractivity contribution in [2.45, 2.75) is 11.3 Å². The maximum Gasteiger partial charge on any atom is 0.243 e. The Balaban J connectivity index is 1.88. The van der Waals surface area contributed by atoms with Crippen LogP contribution < -0.4 is 14.8 Å². The molecule has 0 aliphatic carbocycles. The molecule has 3 rings (SSSR count). The van der Waals surface area contributed by atoms with Gasteiger partial charge in [0, 0.05) is 28.3 Å². The molecule has 0 saturated heterocycles. The molecular formula is C24H24Cl2N2O5S. The van der Waals surface area contributed by atoms with E-state index in [4.69, 9.17) is 32.7 Å². The summed E-state index contributed by atoms with van der Waals surface area (Å²) in [7, 11) is -1.16. The topological polar surface area (TPSA) is 84.9 Å². The minimum atomic E-state index is -4.05. The lowest BCUT2D eigenvalue weighted by Crippen LogP contribution is -2.39. The molecule has 0 unspecified atom stereocenters. The van der Waals surface area contributed by atoms with Crippen LogP contribution in [0.4, 0.5) is 5.69 Å². The van der Waals surface area contributed by atoms with Crippen molar-refractivity contribution < 1.29 is 22.7 Å². The van der Waals surface area contributed by atoms with Crippen molar-refractivity contribution >= 4 is 44.8 Å². The Kier molecular flexibility index (Phi) is 8.79. The highest BCUT2D eigenvalue weighted by atomic mass is 35.5. The highest BCUT2D eigenvalue weighted by Crippen LogP contribution is 2.31. The molecule has 0 fully saturated rings. The first-order valence-electron chi connectivity index (χ1n) is 10.2. The number of amides is 1. The molecule has 0 aromatic heterocycles. The number of methoxy groups -OCH3 is 2. The lowest BCUT2D eigenvalue weighted by Gasteiger charge is -2.22. The average Bonchev–Trinajstić information content (AvgIpc) is 2.81. The first-order chi connectivity index (χ1) is 16.2. The lowest BCUT2D eigenvalue weighted by atomic mass is 10.1. The first-order valence-corrected chi connectivity index (χ1v) is 12.4. The van der Waals surface area contributed by atoms with Crippen LogP contribution in [0.3, 0.4) is 0 Å². The van der Waals surface area contributed by atoms with Gasteiger partial charge >= 0.3 is 0 Å². The molecule has 0 radical (unpaired) electrons. The van der Waals surface area contributed by atoms with Crippen LogP contribution in [0.5, 0.6) is 11.5 Å². The van der Waals surface area contributed by atoms with Crippen LogP contribution in [0.1, 0.15) is 5.56 Å². The van der Waals surface area contributed by atoms with Crippen molar-refractivity contribution in [3.05, 3.63) is 82.3 Å². The summed E-state index contributed by atoms with van der Waals surface area (Å²) in [5.41, 5.74) is 1.31. The fraction of sp³-hybridized carbons (Fsp3) is 0.208. The van der Waals surface area contributed by atoms with Crippen LogP contribution in [0.2, 0.25) is 10.0 Å². The summed E-state index contributed by atoms with van der Waals surface area (Å²) in [6, 6.07) is 18.3. The fourth-order valence-electron chi connectivity index (χ4n) is 3.30. The molecule has 0 aliphatic rings. The normalized spacial score (nSPS) is 11.3. The quantitative estimate of drug-likeness (QED) is 0.410. The zero-order valence-electron chi connectivity index (χ0n) is 18.6. The van der Waals surface area contributed by atoms with Crippen LogP contribution >= 0.6 is 23.2 Å². The number of nitrogens with one attached hydrogen (secondary N) is 1. The highest BCUT2D eigenvalue weighted by Gasteiger charge is 2.28. The van der Waals surface area contributed by atoms with Crippen LogP contribution in [0, 0.1) is 0 Å². The maximum atomic E-state index is 13.5. The molecule has 0 aliphatic heterocycles. The Bertz CT molecular complexity index is 1230. The van der Waals surface area contributed by atoms with Crippen molar-refractivity contribution in [3.8, 4) is 11.5 Å². The third-order valence-corrected chi connectivity index (χ3v) is 7.23. The Morgan fingerprint density at radius 3 is 2.18 bits per heavy atom. The second kappa shape index (κ2) is 11.6. The molecule has 0 atom stereocenters. The van der Waals surface area contributed by atoms with Gasteiger partial charge in [-0.15, -0.1) is 0 Å². The fourth-order valence-corrected chi connectivity index (χ4v) is 5.23. The third-order valence-electron chi connectivity index (χ3n) is 4.95. The van der Waals surface area contributed by atoms with Gasteiger partial charge in [-0.1, -0.05) is 53.5 Å². The molecule has 0 spiro atoms. The van der Waals surface area contributed by atoms with Crippen molar-refractivity contribution in [2.24, 2.45) is 0 Å². The summed E-state index contributed by atoms with van der Waals surface area (Å²) in [6.07, 6.45) is 0.420. The molecule has 7 nitrogen and oxygen atoms in total. The molecule has 0 saturated carbocycles. The Labute approximate surface area is 209 Å². The minimum Gasteiger partial charge on any atom is -0.493 e. The van der Waals surface area contributed by atoms with Gasteiger partial charge in [0.2, 0.25) is 15.9 Å². The van der Waals surface area contributed by atoms with E-state index in [0.29, 0.717) is 27.9 Å². The molecule has 180 valence electrons. The molecule has 34 heavy (non-hydrogen) atoms. The molecule has 3 aromatic carbocycles. The van der Waals surface area contributed by atoms with Crippen LogP contribution in [0.25, 0.3) is 0 Å². The van der Waals surface area contributed by atoms with Crippen LogP contribution in [0.15, 0.2) is 71.6 Å². The van der Waals surface area contributed by atoms with E-state index in [1.54, 1.807) is 0 Å². The number of anilines is 1. The van der Waals surface area contributed by atoms with E-state index in [0.717, 1.165) is 9.87 Å². The number of halogens is 2. The molecule has 1 amide bonds. The number of nitrogens with zero attached hydrogens (tertiary/aromatic N) is 1. The summed E-state index contributed by atoms with van der Waals surface area (Å²) in [4.78, 5) is 12.8. The van der Waals surface area contributed by atoms with E-state index in [-0.39, 0.29) is 17.2 Å². The summed E-state index contributed by atoms with van der Waals surface area (Å²) < 4.78 is 38.6. The minimum absolute atomic E-state index is 0.0168. The number of benzene rings is 3. The standard InChI is InChI=1S/C24H24Cl2N2O5S/c1-32-22-9-8-21(15-23(22)33-2)34(30,31)28(11-10-17-6-4-3-5-7-17)16-24(29)27-20-13-18(25)12-19(26)14-20/h3-9,12-15H,10-11,16H2,1-2H3,(H,27,29). The summed E-state index contributed by atoms with van der Waals surface area (Å²) >= 11 is 12.0. The Hall–Kier alpha value is -2.78. The average molecular weight is 523 g/mol. The molecule has 3 aromatic rings. The monoisotopic (exact) mass is 522 g/mol. The molecule has 1 N–H and O–H groups in total. The second-order valence-electron chi connectivity index (χ2n) is 7.30. The molecule has 10 heteroatoms. The van der Waals surface area contributed by atoms with E-state index in [9.17, 15) is 13.2 Å². The lowest BCUT2D eigenvalue weighted by molar-refractivity contribution is -0.116. The zero-order chi connectivity index (χ0) is 24.7. The van der Waals surface area contributed by atoms with Gasteiger partial charge < -0.3 is 14.8 Å². The van der Waals surface area contributed by atoms with E-state index in [1.165, 1.54) is 50.6 Å². The van der Waals surface area contributed by atoms with Crippen molar-refractivity contribution in [1.29, 1.82) is 0 Å². The number of sulfonamides is 1. The molecule has 0 bridgehead atoms. The summed E-state index contributed by atoms with van der Waals surface area (Å²) in [5.74, 6) is 0.132. The number of hydrogen-bond acceptors (Lipinski definition) is 5. The van der Waals surface area contributed by atoms with E-state index in [2.05, 4.69) is 5.32 Å². The molecular weight excluding hydrogens is 499 g/mol. The van der Waals surface area contributed by atoms with Crippen LogP contribution in [-0.4, -0.2) is 45.9 Å². The number of ether oxygens (including phenoxy) is 2. The van der Waals surface area contributed by atoms with Gasteiger partial charge in [-0.3, -0.25) is 4.79 Å². The predicted octanol–water partition coefficient (Wildman–Crippen LogP) is 4.88. The van der Waals surface area contributed by atoms with E-state index < -0.39 is 22.5 Å². The largest absolute Gasteiger partial charge is 0.493 e. The number of rotatable bonds is 10. The van der Waals surface area contributed by atoms with E-state index in [1.807, 2.05) is 30.3 Å². The SMILES string of the molecule is COc1ccc(S(=O)(=O)N(CCc2ccccc2)CC(=O)Nc2cc(Cl)cc(Cl)c2)cc1OC. The predicted molar refractivity (Wildman–Crippen MR) is 134 cm³/mol. The van der Waals surface area contributed by atoms with Gasteiger partial charge in [-0.05, 0) is 42.3 Å². The van der Waals surface area contributed by atoms with Gasteiger partial charge in [-0.2, -0.15) is 4.31 Å². The van der Waals surface area contributed by atoms with E-state index >= 15 is 0 Å². The summed E-state index contributed by atoms with van der Waals surface area (Å²) in [5, 5.41) is 3.36. The smallest absolute Gasteiger partial charge is 0.243 e. The van der Waals surface area contributed by atoms with Crippen LogP contribution in [-0.2, 0) is 21.2 Å². The van der Waals surface area contributed by atoms with Crippen molar-refractivity contribution in [3.63, 3.8) is 0 Å². The first kappa shape index (κ1) is 25.8. The summed E-state index contributed by atoms with van der Waals surface area (Å²) in [6.45, 7) is -0.321. The van der Waals surface area contributed by atoms with Gasteiger partial charge in [0.05, 0.1) is 25.7 Å².